The molecule has 1 N–H and O–H groups in total. The van der Waals surface area contributed by atoms with Gasteiger partial charge < -0.3 is 19.7 Å². The van der Waals surface area contributed by atoms with Crippen molar-refractivity contribution in [3.63, 3.8) is 0 Å². The lowest BCUT2D eigenvalue weighted by atomic mass is 10.3. The van der Waals surface area contributed by atoms with Gasteiger partial charge in [-0.1, -0.05) is 11.6 Å². The van der Waals surface area contributed by atoms with Crippen LogP contribution in [0.2, 0.25) is 5.02 Å². The quantitative estimate of drug-likeness (QED) is 0.882. The number of halogens is 2. The van der Waals surface area contributed by atoms with Crippen LogP contribution in [0, 0.1) is 5.82 Å². The summed E-state index contributed by atoms with van der Waals surface area (Å²) in [5.41, 5.74) is 0.572. The van der Waals surface area contributed by atoms with Crippen molar-refractivity contribution in [3.8, 4) is 5.75 Å². The third kappa shape index (κ3) is 4.80. The van der Waals surface area contributed by atoms with Gasteiger partial charge in [-0.2, -0.15) is 0 Å². The van der Waals surface area contributed by atoms with E-state index in [0.29, 0.717) is 24.7 Å². The molecular weight excluding hydrogens is 349 g/mol. The molecule has 25 heavy (non-hydrogen) atoms. The van der Waals surface area contributed by atoms with E-state index in [1.165, 1.54) is 18.2 Å². The van der Waals surface area contributed by atoms with Gasteiger partial charge >= 0.3 is 0 Å². The molecule has 0 spiro atoms. The molecule has 1 amide bonds. The second-order valence-corrected chi connectivity index (χ2v) is 5.82. The predicted molar refractivity (Wildman–Crippen MR) is 92.8 cm³/mol. The Morgan fingerprint density at radius 1 is 1.32 bits per heavy atom. The van der Waals surface area contributed by atoms with Gasteiger partial charge in [0.2, 0.25) is 0 Å². The second-order valence-electron chi connectivity index (χ2n) is 5.42. The van der Waals surface area contributed by atoms with E-state index >= 15 is 0 Å². The molecule has 0 saturated carbocycles. The molecule has 1 saturated heterocycles. The number of amides is 1. The lowest BCUT2D eigenvalue weighted by molar-refractivity contribution is -0.118. The first-order chi connectivity index (χ1) is 12.1. The van der Waals surface area contributed by atoms with Crippen LogP contribution >= 0.6 is 11.6 Å². The zero-order chi connectivity index (χ0) is 17.6. The van der Waals surface area contributed by atoms with Gasteiger partial charge in [0.15, 0.2) is 6.61 Å². The number of benzene rings is 1. The third-order valence-corrected chi connectivity index (χ3v) is 3.92. The summed E-state index contributed by atoms with van der Waals surface area (Å²) >= 11 is 5.66. The number of rotatable bonds is 5. The van der Waals surface area contributed by atoms with Gasteiger partial charge in [0.1, 0.15) is 17.4 Å². The highest BCUT2D eigenvalue weighted by molar-refractivity contribution is 6.30. The number of pyridine rings is 1. The van der Waals surface area contributed by atoms with Crippen molar-refractivity contribution in [2.75, 3.05) is 43.1 Å². The number of hydrogen-bond donors (Lipinski definition) is 1. The Bertz CT molecular complexity index is 736. The van der Waals surface area contributed by atoms with Crippen LogP contribution in [0.15, 0.2) is 36.5 Å². The van der Waals surface area contributed by atoms with Crippen LogP contribution in [0.1, 0.15) is 0 Å². The molecule has 132 valence electrons. The Kier molecular flexibility index (Phi) is 5.67. The summed E-state index contributed by atoms with van der Waals surface area (Å²) < 4.78 is 23.7. The van der Waals surface area contributed by atoms with Crippen LogP contribution in [-0.2, 0) is 9.53 Å². The molecule has 0 radical (unpaired) electrons. The molecule has 1 aliphatic rings. The highest BCUT2D eigenvalue weighted by Gasteiger charge is 2.12. The Morgan fingerprint density at radius 2 is 2.12 bits per heavy atom. The molecular formula is C17H17ClFN3O3. The van der Waals surface area contributed by atoms with Gasteiger partial charge in [-0.25, -0.2) is 9.37 Å². The summed E-state index contributed by atoms with van der Waals surface area (Å²) in [6.45, 7) is 2.75. The van der Waals surface area contributed by atoms with E-state index in [-0.39, 0.29) is 17.5 Å². The normalized spacial score (nSPS) is 14.2. The molecule has 6 nitrogen and oxygen atoms in total. The van der Waals surface area contributed by atoms with E-state index in [0.717, 1.165) is 18.9 Å². The molecule has 1 fully saturated rings. The zero-order valence-electron chi connectivity index (χ0n) is 13.4. The summed E-state index contributed by atoms with van der Waals surface area (Å²) in [5, 5.41) is 2.64. The number of aromatic nitrogens is 1. The Labute approximate surface area is 149 Å². The number of carbonyl (C=O) groups is 1. The summed E-state index contributed by atoms with van der Waals surface area (Å²) in [4.78, 5) is 18.4. The number of carbonyl (C=O) groups excluding carboxylic acids is 1. The maximum absolute atomic E-state index is 13.1. The molecule has 0 unspecified atom stereocenters. The van der Waals surface area contributed by atoms with Gasteiger partial charge in [-0.05, 0) is 24.3 Å². The molecule has 0 atom stereocenters. The molecule has 1 aromatic heterocycles. The Balaban J connectivity index is 1.51. The molecule has 1 aromatic carbocycles. The van der Waals surface area contributed by atoms with Crippen molar-refractivity contribution in [1.82, 2.24) is 4.98 Å². The van der Waals surface area contributed by atoms with E-state index in [2.05, 4.69) is 15.2 Å². The fourth-order valence-corrected chi connectivity index (χ4v) is 2.52. The smallest absolute Gasteiger partial charge is 0.262 e. The lowest BCUT2D eigenvalue weighted by Crippen LogP contribution is -2.36. The molecule has 1 aliphatic heterocycles. The van der Waals surface area contributed by atoms with E-state index in [1.807, 2.05) is 6.07 Å². The van der Waals surface area contributed by atoms with E-state index in [1.54, 1.807) is 12.3 Å². The average molecular weight is 366 g/mol. The largest absolute Gasteiger partial charge is 0.484 e. The van der Waals surface area contributed by atoms with Crippen LogP contribution < -0.4 is 15.0 Å². The minimum Gasteiger partial charge on any atom is -0.484 e. The highest BCUT2D eigenvalue weighted by Crippen LogP contribution is 2.21. The monoisotopic (exact) mass is 365 g/mol. The van der Waals surface area contributed by atoms with Crippen LogP contribution in [0.4, 0.5) is 15.9 Å². The van der Waals surface area contributed by atoms with Gasteiger partial charge in [-0.3, -0.25) is 4.79 Å². The fourth-order valence-electron chi connectivity index (χ4n) is 2.35. The van der Waals surface area contributed by atoms with Crippen LogP contribution in [0.5, 0.6) is 5.75 Å². The zero-order valence-corrected chi connectivity index (χ0v) is 14.1. The van der Waals surface area contributed by atoms with E-state index < -0.39 is 5.82 Å². The molecule has 2 heterocycles. The van der Waals surface area contributed by atoms with Crippen LogP contribution in [-0.4, -0.2) is 43.8 Å². The van der Waals surface area contributed by atoms with Crippen molar-refractivity contribution in [2.45, 2.75) is 0 Å². The first kappa shape index (κ1) is 17.4. The number of nitrogens with zero attached hydrogens (tertiary/aromatic N) is 2. The summed E-state index contributed by atoms with van der Waals surface area (Å²) in [6, 6.07) is 7.55. The van der Waals surface area contributed by atoms with E-state index in [4.69, 9.17) is 21.1 Å². The highest BCUT2D eigenvalue weighted by atomic mass is 35.5. The first-order valence-corrected chi connectivity index (χ1v) is 8.16. The molecule has 3 rings (SSSR count). The topological polar surface area (TPSA) is 63.7 Å². The Morgan fingerprint density at radius 3 is 2.80 bits per heavy atom. The first-order valence-electron chi connectivity index (χ1n) is 7.78. The number of ether oxygens (including phenoxy) is 2. The molecule has 0 bridgehead atoms. The van der Waals surface area contributed by atoms with Gasteiger partial charge in [0.05, 0.1) is 30.1 Å². The molecule has 8 heteroatoms. The number of hydrogen-bond acceptors (Lipinski definition) is 5. The molecule has 2 aromatic rings. The standard InChI is InChI=1S/C17H17ClFN3O3/c18-14-9-13(2-3-15(14)19)25-11-17(23)21-12-1-4-16(20-10-12)22-5-7-24-8-6-22/h1-4,9-10H,5-8,11H2,(H,21,23). The van der Waals surface area contributed by atoms with Crippen LogP contribution in [0.25, 0.3) is 0 Å². The van der Waals surface area contributed by atoms with Crippen molar-refractivity contribution in [2.24, 2.45) is 0 Å². The minimum atomic E-state index is -0.537. The van der Waals surface area contributed by atoms with Crippen molar-refractivity contribution >= 4 is 29.0 Å². The van der Waals surface area contributed by atoms with Crippen molar-refractivity contribution < 1.29 is 18.7 Å². The van der Waals surface area contributed by atoms with Gasteiger partial charge in [0, 0.05) is 19.2 Å². The maximum atomic E-state index is 13.1. The van der Waals surface area contributed by atoms with Gasteiger partial charge in [0.25, 0.3) is 5.91 Å². The van der Waals surface area contributed by atoms with Crippen molar-refractivity contribution in [3.05, 3.63) is 47.4 Å². The Hall–Kier alpha value is -2.38. The number of nitrogens with one attached hydrogen (secondary N) is 1. The van der Waals surface area contributed by atoms with Crippen LogP contribution in [0.3, 0.4) is 0 Å². The minimum absolute atomic E-state index is 0.0548. The fraction of sp³-hybridized carbons (Fsp3) is 0.294. The predicted octanol–water partition coefficient (Wildman–Crippen LogP) is 2.73. The summed E-state index contributed by atoms with van der Waals surface area (Å²) in [5.74, 6) is 0.284. The second kappa shape index (κ2) is 8.13. The summed E-state index contributed by atoms with van der Waals surface area (Å²) in [7, 11) is 0. The summed E-state index contributed by atoms with van der Waals surface area (Å²) in [6.07, 6.45) is 1.59. The van der Waals surface area contributed by atoms with E-state index in [9.17, 15) is 9.18 Å². The third-order valence-electron chi connectivity index (χ3n) is 3.63. The maximum Gasteiger partial charge on any atom is 0.262 e. The average Bonchev–Trinajstić information content (AvgIpc) is 2.64. The molecule has 0 aliphatic carbocycles. The van der Waals surface area contributed by atoms with Crippen molar-refractivity contribution in [1.29, 1.82) is 0 Å². The lowest BCUT2D eigenvalue weighted by Gasteiger charge is -2.27. The SMILES string of the molecule is O=C(COc1ccc(F)c(Cl)c1)Nc1ccc(N2CCOCC2)nc1. The number of anilines is 2. The number of morpholine rings is 1. The van der Waals surface area contributed by atoms with Gasteiger partial charge in [-0.15, -0.1) is 0 Å².